The molecule has 12 unspecified atom stereocenters. The Balaban J connectivity index is 1.67. The fourth-order valence-corrected chi connectivity index (χ4v) is 12.0. The molecule has 0 aromatic rings. The Morgan fingerprint density at radius 1 is 0.395 bits per heavy atom. The Morgan fingerprint density at radius 3 is 1.05 bits per heavy atom. The van der Waals surface area contributed by atoms with Crippen LogP contribution in [0.3, 0.4) is 0 Å². The summed E-state index contributed by atoms with van der Waals surface area (Å²) in [7, 11) is 0. The molecule has 2 fully saturated rings. The fraction of sp³-hybridized carbons (Fsp3) is 0.985. The largest absolute Gasteiger partial charge is 0.394 e. The van der Waals surface area contributed by atoms with Crippen LogP contribution in [0.2, 0.25) is 0 Å². The molecule has 81 heavy (non-hydrogen) atoms. The summed E-state index contributed by atoms with van der Waals surface area (Å²) in [6.45, 7) is 2.93. The van der Waals surface area contributed by atoms with Crippen molar-refractivity contribution < 1.29 is 64.6 Å². The second-order valence-electron chi connectivity index (χ2n) is 25.0. The molecule has 2 saturated heterocycles. The molecule has 0 bridgehead atoms. The summed E-state index contributed by atoms with van der Waals surface area (Å²) in [5.41, 5.74) is 0. The lowest BCUT2D eigenvalue weighted by molar-refractivity contribution is -0.359. The number of hydrogen-bond donors (Lipinski definition) is 9. The highest BCUT2D eigenvalue weighted by Crippen LogP contribution is 2.30. The highest BCUT2D eigenvalue weighted by Gasteiger charge is 2.51. The van der Waals surface area contributed by atoms with Gasteiger partial charge in [-0.25, -0.2) is 0 Å². The maximum absolute atomic E-state index is 13.3. The third-order valence-corrected chi connectivity index (χ3v) is 17.6. The third kappa shape index (κ3) is 38.0. The lowest BCUT2D eigenvalue weighted by Crippen LogP contribution is -2.65. The number of ether oxygens (including phenoxy) is 4. The molecule has 482 valence electrons. The van der Waals surface area contributed by atoms with E-state index in [1.165, 1.54) is 250 Å². The molecule has 14 heteroatoms. The molecular weight excluding hydrogens is 1030 g/mol. The predicted octanol–water partition coefficient (Wildman–Crippen LogP) is 13.6. The predicted molar refractivity (Wildman–Crippen MR) is 328 cm³/mol. The van der Waals surface area contributed by atoms with Crippen molar-refractivity contribution in [1.82, 2.24) is 5.32 Å². The smallest absolute Gasteiger partial charge is 0.220 e. The first kappa shape index (κ1) is 76.1. The van der Waals surface area contributed by atoms with Crippen molar-refractivity contribution in [3.8, 4) is 0 Å². The van der Waals surface area contributed by atoms with Gasteiger partial charge in [-0.15, -0.1) is 0 Å². The molecule has 0 spiro atoms. The number of rotatable bonds is 58. The Hall–Kier alpha value is -1.01. The first-order chi connectivity index (χ1) is 39.6. The molecule has 14 nitrogen and oxygen atoms in total. The normalized spacial score (nSPS) is 24.0. The molecule has 0 aromatic carbocycles. The van der Waals surface area contributed by atoms with Crippen LogP contribution in [-0.4, -0.2) is 140 Å². The minimum Gasteiger partial charge on any atom is -0.394 e. The van der Waals surface area contributed by atoms with E-state index < -0.39 is 86.8 Å². The molecule has 0 aromatic heterocycles. The minimum atomic E-state index is -1.78. The summed E-state index contributed by atoms with van der Waals surface area (Å²) in [6, 6.07) is -0.824. The van der Waals surface area contributed by atoms with Crippen LogP contribution < -0.4 is 5.32 Å². The number of carbonyl (C=O) groups excluding carboxylic acids is 1. The minimum absolute atomic E-state index is 0.197. The van der Waals surface area contributed by atoms with Gasteiger partial charge in [0.25, 0.3) is 0 Å². The highest BCUT2D eigenvalue weighted by atomic mass is 16.7. The van der Waals surface area contributed by atoms with Crippen LogP contribution in [-0.2, 0) is 23.7 Å². The van der Waals surface area contributed by atoms with Crippen molar-refractivity contribution in [1.29, 1.82) is 0 Å². The molecule has 2 heterocycles. The van der Waals surface area contributed by atoms with Gasteiger partial charge in [-0.3, -0.25) is 4.79 Å². The van der Waals surface area contributed by atoms with Gasteiger partial charge in [0, 0.05) is 6.42 Å². The van der Waals surface area contributed by atoms with Gasteiger partial charge in [-0.2, -0.15) is 0 Å². The van der Waals surface area contributed by atoms with E-state index in [-0.39, 0.29) is 12.5 Å². The Morgan fingerprint density at radius 2 is 0.704 bits per heavy atom. The maximum atomic E-state index is 13.3. The van der Waals surface area contributed by atoms with Crippen LogP contribution in [0.4, 0.5) is 0 Å². The summed E-state index contributed by atoms with van der Waals surface area (Å²) >= 11 is 0. The van der Waals surface area contributed by atoms with Gasteiger partial charge in [-0.1, -0.05) is 309 Å². The lowest BCUT2D eigenvalue weighted by atomic mass is 9.97. The average molecular weight is 1160 g/mol. The van der Waals surface area contributed by atoms with E-state index in [4.69, 9.17) is 18.9 Å². The summed E-state index contributed by atoms with van der Waals surface area (Å²) in [4.78, 5) is 13.3. The second-order valence-corrected chi connectivity index (χ2v) is 25.0. The van der Waals surface area contributed by atoms with E-state index >= 15 is 0 Å². The quantitative estimate of drug-likeness (QED) is 0.0259. The van der Waals surface area contributed by atoms with Crippen LogP contribution in [0.1, 0.15) is 328 Å². The van der Waals surface area contributed by atoms with Crippen molar-refractivity contribution in [3.05, 3.63) is 0 Å². The van der Waals surface area contributed by atoms with Crippen molar-refractivity contribution >= 4 is 5.91 Å². The van der Waals surface area contributed by atoms with Crippen LogP contribution >= 0.6 is 0 Å². The van der Waals surface area contributed by atoms with Crippen molar-refractivity contribution in [2.24, 2.45) is 0 Å². The topological polar surface area (TPSA) is 228 Å². The Bertz CT molecular complexity index is 1360. The van der Waals surface area contributed by atoms with E-state index in [1.54, 1.807) is 0 Å². The van der Waals surface area contributed by atoms with Crippen LogP contribution in [0.15, 0.2) is 0 Å². The van der Waals surface area contributed by atoms with Gasteiger partial charge in [0.15, 0.2) is 12.6 Å². The SMILES string of the molecule is CCCCCCCCCCCCCCCCCCCCCCCCCCCC(O)C(COC1OC(CO)C(OC2OC(CO)C(O)C(O)C2O)C(O)C1O)NC(=O)CCCCCCCCCCCCCCCCCCCCCCCC. The Kier molecular flexibility index (Phi) is 50.0. The number of aliphatic hydroxyl groups excluding tert-OH is 8. The molecule has 0 saturated carbocycles. The first-order valence-corrected chi connectivity index (χ1v) is 34.8. The number of carbonyl (C=O) groups is 1. The molecule has 2 aliphatic heterocycles. The standard InChI is InChI=1S/C67H131NO13/c1-3-5-7-9-11-13-15-17-19-21-23-25-27-28-29-30-32-34-36-38-40-42-44-46-48-50-56(71)55(54-78-66-64(77)62(75)65(58(53-70)80-66)81-67-63(76)61(74)60(73)57(52-69)79-67)68-59(72)51-49-47-45-43-41-39-37-35-33-31-26-24-22-20-18-16-14-12-10-8-6-4-2/h55-58,60-67,69-71,73-77H,3-54H2,1-2H3,(H,68,72). The van der Waals surface area contributed by atoms with Gasteiger partial charge < -0.3 is 65.1 Å². The summed E-state index contributed by atoms with van der Waals surface area (Å²) in [6.07, 6.45) is 45.4. The number of amides is 1. The van der Waals surface area contributed by atoms with Gasteiger partial charge in [0.05, 0.1) is 32.0 Å². The Labute approximate surface area is 495 Å². The molecule has 0 radical (unpaired) electrons. The van der Waals surface area contributed by atoms with Gasteiger partial charge >= 0.3 is 0 Å². The number of unbranched alkanes of at least 4 members (excludes halogenated alkanes) is 45. The monoisotopic (exact) mass is 1160 g/mol. The number of hydrogen-bond acceptors (Lipinski definition) is 13. The van der Waals surface area contributed by atoms with Gasteiger partial charge in [-0.05, 0) is 12.8 Å². The van der Waals surface area contributed by atoms with Crippen molar-refractivity contribution in [2.75, 3.05) is 19.8 Å². The van der Waals surface area contributed by atoms with E-state index in [9.17, 15) is 45.6 Å². The second kappa shape index (κ2) is 53.2. The van der Waals surface area contributed by atoms with E-state index in [1.807, 2.05) is 0 Å². The molecule has 12 atom stereocenters. The third-order valence-electron chi connectivity index (χ3n) is 17.6. The average Bonchev–Trinajstić information content (AvgIpc) is 3.63. The zero-order chi connectivity index (χ0) is 58.8. The lowest BCUT2D eigenvalue weighted by Gasteiger charge is -2.46. The highest BCUT2D eigenvalue weighted by molar-refractivity contribution is 5.76. The van der Waals surface area contributed by atoms with E-state index in [0.717, 1.165) is 51.4 Å². The van der Waals surface area contributed by atoms with Crippen LogP contribution in [0.5, 0.6) is 0 Å². The molecule has 1 amide bonds. The van der Waals surface area contributed by atoms with E-state index in [0.29, 0.717) is 12.8 Å². The van der Waals surface area contributed by atoms with Crippen LogP contribution in [0, 0.1) is 0 Å². The zero-order valence-corrected chi connectivity index (χ0v) is 52.3. The molecule has 2 aliphatic rings. The summed E-state index contributed by atoms with van der Waals surface area (Å²) in [5, 5.41) is 87.6. The van der Waals surface area contributed by atoms with E-state index in [2.05, 4.69) is 19.2 Å². The zero-order valence-electron chi connectivity index (χ0n) is 52.3. The fourth-order valence-electron chi connectivity index (χ4n) is 12.0. The summed E-state index contributed by atoms with van der Waals surface area (Å²) in [5.74, 6) is -0.197. The van der Waals surface area contributed by atoms with Gasteiger partial charge in [0.1, 0.15) is 48.8 Å². The maximum Gasteiger partial charge on any atom is 0.220 e. The number of aliphatic hydroxyl groups is 8. The van der Waals surface area contributed by atoms with Crippen molar-refractivity contribution in [2.45, 2.75) is 402 Å². The molecule has 9 N–H and O–H groups in total. The first-order valence-electron chi connectivity index (χ1n) is 34.8. The molecule has 2 rings (SSSR count). The molecular formula is C67H131NO13. The number of nitrogens with one attached hydrogen (secondary N) is 1. The molecule has 0 aliphatic carbocycles. The van der Waals surface area contributed by atoms with Crippen molar-refractivity contribution in [3.63, 3.8) is 0 Å². The van der Waals surface area contributed by atoms with Crippen LogP contribution in [0.25, 0.3) is 0 Å². The summed E-state index contributed by atoms with van der Waals surface area (Å²) < 4.78 is 22.9. The van der Waals surface area contributed by atoms with Gasteiger partial charge in [0.2, 0.25) is 5.91 Å².